The van der Waals surface area contributed by atoms with Gasteiger partial charge in [0.15, 0.2) is 0 Å². The van der Waals surface area contributed by atoms with Crippen LogP contribution in [0.3, 0.4) is 0 Å². The first-order valence-electron chi connectivity index (χ1n) is 10.9. The highest BCUT2D eigenvalue weighted by atomic mass is 16.6. The maximum Gasteiger partial charge on any atom is 0.338 e. The van der Waals surface area contributed by atoms with Gasteiger partial charge in [-0.3, -0.25) is 0 Å². The SMILES string of the molecule is C=Cc1ccc(CNc2nc(Cc3ccc(C(=O)OC(C)(C)C)cc3)nc(OCC)n2)cc1. The molecular formula is C26H30N4O3. The largest absolute Gasteiger partial charge is 0.464 e. The summed E-state index contributed by atoms with van der Waals surface area (Å²) in [7, 11) is 0. The van der Waals surface area contributed by atoms with E-state index in [4.69, 9.17) is 9.47 Å². The van der Waals surface area contributed by atoms with Gasteiger partial charge in [-0.1, -0.05) is 49.1 Å². The van der Waals surface area contributed by atoms with E-state index in [0.29, 0.717) is 36.9 Å². The van der Waals surface area contributed by atoms with Gasteiger partial charge in [0.05, 0.1) is 12.2 Å². The number of ether oxygens (including phenoxy) is 2. The van der Waals surface area contributed by atoms with Crippen LogP contribution in [0.5, 0.6) is 6.01 Å². The van der Waals surface area contributed by atoms with Crippen LogP contribution >= 0.6 is 0 Å². The van der Waals surface area contributed by atoms with E-state index in [9.17, 15) is 4.79 Å². The molecule has 7 nitrogen and oxygen atoms in total. The summed E-state index contributed by atoms with van der Waals surface area (Å²) in [5.41, 5.74) is 3.09. The fourth-order valence-electron chi connectivity index (χ4n) is 2.98. The second-order valence-electron chi connectivity index (χ2n) is 8.47. The first-order valence-corrected chi connectivity index (χ1v) is 10.9. The van der Waals surface area contributed by atoms with E-state index in [1.807, 2.05) is 70.2 Å². The average Bonchev–Trinajstić information content (AvgIpc) is 2.77. The lowest BCUT2D eigenvalue weighted by Gasteiger charge is -2.19. The van der Waals surface area contributed by atoms with Gasteiger partial charge in [0.1, 0.15) is 11.4 Å². The number of anilines is 1. The zero-order chi connectivity index (χ0) is 23.8. The predicted octanol–water partition coefficient (Wildman–Crippen LogP) is 5.07. The van der Waals surface area contributed by atoms with Crippen molar-refractivity contribution in [1.82, 2.24) is 15.0 Å². The molecule has 0 aliphatic carbocycles. The molecule has 172 valence electrons. The second-order valence-corrected chi connectivity index (χ2v) is 8.47. The molecule has 3 rings (SSSR count). The van der Waals surface area contributed by atoms with Gasteiger partial charge in [0.2, 0.25) is 5.95 Å². The summed E-state index contributed by atoms with van der Waals surface area (Å²) in [6.07, 6.45) is 2.28. The molecule has 3 aromatic rings. The van der Waals surface area contributed by atoms with Crippen molar-refractivity contribution in [3.8, 4) is 6.01 Å². The summed E-state index contributed by atoms with van der Waals surface area (Å²) in [4.78, 5) is 25.5. The molecule has 0 unspecified atom stereocenters. The van der Waals surface area contributed by atoms with Crippen LogP contribution in [0.15, 0.2) is 55.1 Å². The highest BCUT2D eigenvalue weighted by Gasteiger charge is 2.18. The monoisotopic (exact) mass is 446 g/mol. The van der Waals surface area contributed by atoms with Crippen molar-refractivity contribution in [2.24, 2.45) is 0 Å². The summed E-state index contributed by atoms with van der Waals surface area (Å²) in [6.45, 7) is 12.2. The Morgan fingerprint density at radius 1 is 1.00 bits per heavy atom. The van der Waals surface area contributed by atoms with Crippen molar-refractivity contribution >= 4 is 18.0 Å². The molecular weight excluding hydrogens is 416 g/mol. The minimum absolute atomic E-state index is 0.275. The van der Waals surface area contributed by atoms with Crippen LogP contribution in [-0.4, -0.2) is 33.1 Å². The lowest BCUT2D eigenvalue weighted by molar-refractivity contribution is 0.00695. The third-order valence-electron chi connectivity index (χ3n) is 4.55. The Balaban J connectivity index is 1.71. The summed E-state index contributed by atoms with van der Waals surface area (Å²) in [6, 6.07) is 15.6. The molecule has 0 radical (unpaired) electrons. The number of rotatable bonds is 9. The topological polar surface area (TPSA) is 86.2 Å². The minimum atomic E-state index is -0.534. The average molecular weight is 447 g/mol. The smallest absolute Gasteiger partial charge is 0.338 e. The van der Waals surface area contributed by atoms with Crippen LogP contribution < -0.4 is 10.1 Å². The van der Waals surface area contributed by atoms with Crippen molar-refractivity contribution in [2.75, 3.05) is 11.9 Å². The molecule has 0 saturated carbocycles. The Morgan fingerprint density at radius 2 is 1.67 bits per heavy atom. The number of esters is 1. The number of nitrogens with zero attached hydrogens (tertiary/aromatic N) is 3. The van der Waals surface area contributed by atoms with Gasteiger partial charge in [-0.15, -0.1) is 0 Å². The van der Waals surface area contributed by atoms with Gasteiger partial charge in [-0.05, 0) is 56.5 Å². The van der Waals surface area contributed by atoms with Crippen molar-refractivity contribution < 1.29 is 14.3 Å². The molecule has 1 N–H and O–H groups in total. The Hall–Kier alpha value is -3.74. The van der Waals surface area contributed by atoms with Crippen molar-refractivity contribution in [3.63, 3.8) is 0 Å². The molecule has 33 heavy (non-hydrogen) atoms. The Morgan fingerprint density at radius 3 is 2.27 bits per heavy atom. The lowest BCUT2D eigenvalue weighted by Crippen LogP contribution is -2.23. The van der Waals surface area contributed by atoms with E-state index in [-0.39, 0.29) is 12.0 Å². The lowest BCUT2D eigenvalue weighted by atomic mass is 10.1. The third-order valence-corrected chi connectivity index (χ3v) is 4.55. The van der Waals surface area contributed by atoms with E-state index in [2.05, 4.69) is 26.8 Å². The maximum absolute atomic E-state index is 12.2. The van der Waals surface area contributed by atoms with Gasteiger partial charge in [0, 0.05) is 13.0 Å². The molecule has 2 aromatic carbocycles. The standard InChI is InChI=1S/C26H30N4O3/c1-6-18-8-10-20(11-9-18)17-27-24-28-22(29-25(30-24)32-7-2)16-19-12-14-21(15-13-19)23(31)33-26(3,4)5/h6,8-15H,1,7,16-17H2,2-5H3,(H,27,28,29,30). The van der Waals surface area contributed by atoms with Crippen molar-refractivity contribution in [3.05, 3.63) is 83.2 Å². The predicted molar refractivity (Wildman–Crippen MR) is 129 cm³/mol. The molecule has 0 aliphatic rings. The van der Waals surface area contributed by atoms with Gasteiger partial charge in [-0.25, -0.2) is 4.79 Å². The van der Waals surface area contributed by atoms with Crippen LogP contribution in [0.1, 0.15) is 60.6 Å². The van der Waals surface area contributed by atoms with Crippen molar-refractivity contribution in [1.29, 1.82) is 0 Å². The highest BCUT2D eigenvalue weighted by Crippen LogP contribution is 2.16. The molecule has 7 heteroatoms. The van der Waals surface area contributed by atoms with Crippen LogP contribution in [0.2, 0.25) is 0 Å². The van der Waals surface area contributed by atoms with Crippen LogP contribution in [0, 0.1) is 0 Å². The van der Waals surface area contributed by atoms with E-state index < -0.39 is 5.60 Å². The fourth-order valence-corrected chi connectivity index (χ4v) is 2.98. The summed E-state index contributed by atoms with van der Waals surface area (Å²) < 4.78 is 10.9. The molecule has 1 heterocycles. The first-order chi connectivity index (χ1) is 15.8. The summed E-state index contributed by atoms with van der Waals surface area (Å²) in [5, 5.41) is 3.24. The molecule has 0 amide bonds. The maximum atomic E-state index is 12.2. The Labute approximate surface area is 194 Å². The molecule has 0 fully saturated rings. The number of benzene rings is 2. The number of hydrogen-bond acceptors (Lipinski definition) is 7. The van der Waals surface area contributed by atoms with E-state index in [1.165, 1.54) is 0 Å². The Bertz CT molecular complexity index is 1090. The van der Waals surface area contributed by atoms with Crippen molar-refractivity contribution in [2.45, 2.75) is 46.3 Å². The number of hydrogen-bond donors (Lipinski definition) is 1. The van der Waals surface area contributed by atoms with Gasteiger partial charge >= 0.3 is 12.0 Å². The summed E-state index contributed by atoms with van der Waals surface area (Å²) in [5.74, 6) is 0.671. The van der Waals surface area contributed by atoms with Crippen LogP contribution in [0.4, 0.5) is 5.95 Å². The van der Waals surface area contributed by atoms with Gasteiger partial charge < -0.3 is 14.8 Å². The van der Waals surface area contributed by atoms with Crippen LogP contribution in [0.25, 0.3) is 6.08 Å². The first kappa shape index (κ1) is 23.9. The van der Waals surface area contributed by atoms with Gasteiger partial charge in [0.25, 0.3) is 0 Å². The molecule has 0 aliphatic heterocycles. The highest BCUT2D eigenvalue weighted by molar-refractivity contribution is 5.89. The fraction of sp³-hybridized carbons (Fsp3) is 0.308. The van der Waals surface area contributed by atoms with E-state index >= 15 is 0 Å². The minimum Gasteiger partial charge on any atom is -0.464 e. The number of nitrogens with one attached hydrogen (secondary N) is 1. The van der Waals surface area contributed by atoms with E-state index in [1.54, 1.807) is 12.1 Å². The van der Waals surface area contributed by atoms with Gasteiger partial charge in [-0.2, -0.15) is 15.0 Å². The molecule has 0 bridgehead atoms. The molecule has 1 aromatic heterocycles. The third kappa shape index (κ3) is 7.42. The number of carbonyl (C=O) groups excluding carboxylic acids is 1. The van der Waals surface area contributed by atoms with Crippen LogP contribution in [-0.2, 0) is 17.7 Å². The quantitative estimate of drug-likeness (QED) is 0.459. The zero-order valence-electron chi connectivity index (χ0n) is 19.6. The normalized spacial score (nSPS) is 11.0. The number of aromatic nitrogens is 3. The summed E-state index contributed by atoms with van der Waals surface area (Å²) >= 11 is 0. The zero-order valence-corrected chi connectivity index (χ0v) is 19.6. The molecule has 0 saturated heterocycles. The second kappa shape index (κ2) is 10.7. The Kier molecular flexibility index (Phi) is 7.77. The molecule has 0 spiro atoms. The molecule has 0 atom stereocenters. The van der Waals surface area contributed by atoms with E-state index in [0.717, 1.165) is 16.7 Å². The number of carbonyl (C=O) groups is 1.